The number of nitrogens with two attached hydrogens (primary N) is 1. The number of benzene rings is 3. The number of nitrogens with one attached hydrogen (secondary N) is 2. The van der Waals surface area contributed by atoms with Gasteiger partial charge in [-0.2, -0.15) is 0 Å². The Balaban J connectivity index is 1.72. The first kappa shape index (κ1) is 21.3. The van der Waals surface area contributed by atoms with Crippen molar-refractivity contribution in [2.45, 2.75) is 20.3 Å². The number of nitrogens with zero attached hydrogens (tertiary/aromatic N) is 1. The van der Waals surface area contributed by atoms with Crippen molar-refractivity contribution < 1.29 is 9.18 Å². The first-order chi connectivity index (χ1) is 14.5. The van der Waals surface area contributed by atoms with Crippen molar-refractivity contribution >= 4 is 23.0 Å². The molecule has 0 aromatic heterocycles. The van der Waals surface area contributed by atoms with Crippen molar-refractivity contribution in [1.29, 1.82) is 0 Å². The van der Waals surface area contributed by atoms with Crippen LogP contribution in [-0.2, 0) is 0 Å². The van der Waals surface area contributed by atoms with Crippen molar-refractivity contribution in [2.24, 2.45) is 0 Å². The largest absolute Gasteiger partial charge is 0.397 e. The third-order valence-corrected chi connectivity index (χ3v) is 4.79. The Labute approximate surface area is 176 Å². The van der Waals surface area contributed by atoms with E-state index in [2.05, 4.69) is 29.6 Å². The van der Waals surface area contributed by atoms with Crippen LogP contribution in [-0.4, -0.2) is 24.0 Å². The van der Waals surface area contributed by atoms with Crippen molar-refractivity contribution in [3.05, 3.63) is 78.1 Å². The first-order valence-corrected chi connectivity index (χ1v) is 10.1. The van der Waals surface area contributed by atoms with E-state index in [1.165, 1.54) is 12.1 Å². The van der Waals surface area contributed by atoms with Gasteiger partial charge in [-0.15, -0.1) is 0 Å². The predicted octanol–water partition coefficient (Wildman–Crippen LogP) is 5.39. The molecule has 1 amide bonds. The second kappa shape index (κ2) is 9.89. The molecule has 5 nitrogen and oxygen atoms in total. The zero-order valence-corrected chi connectivity index (χ0v) is 17.3. The zero-order valence-electron chi connectivity index (χ0n) is 17.3. The molecule has 3 aromatic rings. The summed E-state index contributed by atoms with van der Waals surface area (Å²) in [6.45, 7) is 6.06. The van der Waals surface area contributed by atoms with Crippen molar-refractivity contribution in [3.8, 4) is 11.1 Å². The van der Waals surface area contributed by atoms with Crippen molar-refractivity contribution in [1.82, 2.24) is 5.01 Å². The van der Waals surface area contributed by atoms with Gasteiger partial charge in [0.25, 0.3) is 5.91 Å². The number of carbonyl (C=O) groups is 1. The topological polar surface area (TPSA) is 70.4 Å². The summed E-state index contributed by atoms with van der Waals surface area (Å²) in [4.78, 5) is 12.7. The monoisotopic (exact) mass is 406 g/mol. The average Bonchev–Trinajstić information content (AvgIpc) is 2.76. The van der Waals surface area contributed by atoms with Crippen LogP contribution in [0.5, 0.6) is 0 Å². The van der Waals surface area contributed by atoms with Crippen LogP contribution in [0, 0.1) is 5.82 Å². The van der Waals surface area contributed by atoms with Gasteiger partial charge in [0.2, 0.25) is 0 Å². The maximum atomic E-state index is 13.2. The minimum atomic E-state index is -0.294. The van der Waals surface area contributed by atoms with Gasteiger partial charge < -0.3 is 16.5 Å². The van der Waals surface area contributed by atoms with Crippen molar-refractivity contribution in [3.63, 3.8) is 0 Å². The molecule has 4 N–H and O–H groups in total. The van der Waals surface area contributed by atoms with Crippen LogP contribution >= 0.6 is 0 Å². The summed E-state index contributed by atoms with van der Waals surface area (Å²) in [6.07, 6.45) is 1.06. The summed E-state index contributed by atoms with van der Waals surface area (Å²) in [5, 5.41) is 4.99. The smallest absolute Gasteiger partial charge is 0.255 e. The molecule has 3 rings (SSSR count). The van der Waals surface area contributed by atoms with E-state index in [1.54, 1.807) is 36.4 Å². The summed E-state index contributed by atoms with van der Waals surface area (Å²) in [7, 11) is 0. The zero-order chi connectivity index (χ0) is 21.5. The van der Waals surface area contributed by atoms with Gasteiger partial charge in [0, 0.05) is 24.3 Å². The first-order valence-electron chi connectivity index (χ1n) is 10.1. The predicted molar refractivity (Wildman–Crippen MR) is 122 cm³/mol. The van der Waals surface area contributed by atoms with Crippen LogP contribution in [0.1, 0.15) is 30.6 Å². The molecule has 0 bridgehead atoms. The van der Waals surface area contributed by atoms with Crippen LogP contribution in [0.3, 0.4) is 0 Å². The Hall–Kier alpha value is -3.38. The highest BCUT2D eigenvalue weighted by Gasteiger charge is 2.10. The summed E-state index contributed by atoms with van der Waals surface area (Å²) in [5.74, 6) is -0.539. The molecule has 0 spiro atoms. The Morgan fingerprint density at radius 3 is 2.27 bits per heavy atom. The second-order valence-corrected chi connectivity index (χ2v) is 7.03. The molecule has 0 aliphatic carbocycles. The maximum Gasteiger partial charge on any atom is 0.255 e. The molecule has 0 saturated heterocycles. The van der Waals surface area contributed by atoms with E-state index >= 15 is 0 Å². The molecule has 0 aliphatic heterocycles. The van der Waals surface area contributed by atoms with Crippen LogP contribution in [0.15, 0.2) is 66.7 Å². The maximum absolute atomic E-state index is 13.2. The van der Waals surface area contributed by atoms with Crippen LogP contribution < -0.4 is 16.5 Å². The fourth-order valence-corrected chi connectivity index (χ4v) is 3.12. The van der Waals surface area contributed by atoms with E-state index in [1.807, 2.05) is 18.2 Å². The van der Waals surface area contributed by atoms with Crippen LogP contribution in [0.2, 0.25) is 0 Å². The number of hydrogen-bond donors (Lipinski definition) is 3. The Kier molecular flexibility index (Phi) is 7.03. The van der Waals surface area contributed by atoms with Crippen LogP contribution in [0.25, 0.3) is 11.1 Å². The van der Waals surface area contributed by atoms with E-state index in [9.17, 15) is 9.18 Å². The molecule has 0 atom stereocenters. The molecular weight excluding hydrogens is 379 g/mol. The lowest BCUT2D eigenvalue weighted by Gasteiger charge is -2.22. The molecule has 0 radical (unpaired) electrons. The standard InChI is InChI=1S/C24H27FN4O/c1-3-15-29(4-2)28-21-12-7-18(8-13-21)24(30)27-23-16-19(9-14-22(23)26)17-5-10-20(25)11-6-17/h5-14,16,28H,3-4,15,26H2,1-2H3,(H,27,30). The SMILES string of the molecule is CCCN(CC)Nc1ccc(C(=O)Nc2cc(-c3ccc(F)cc3)ccc2N)cc1. The third-order valence-electron chi connectivity index (χ3n) is 4.79. The molecule has 3 aromatic carbocycles. The van der Waals surface area contributed by atoms with Gasteiger partial charge in [-0.1, -0.05) is 32.0 Å². The normalized spacial score (nSPS) is 10.8. The number of anilines is 3. The Morgan fingerprint density at radius 1 is 0.967 bits per heavy atom. The number of amides is 1. The van der Waals surface area contributed by atoms with Gasteiger partial charge in [-0.3, -0.25) is 4.79 Å². The number of nitrogen functional groups attached to an aromatic ring is 1. The molecule has 30 heavy (non-hydrogen) atoms. The van der Waals surface area contributed by atoms with E-state index < -0.39 is 0 Å². The molecule has 0 unspecified atom stereocenters. The number of rotatable bonds is 8. The van der Waals surface area contributed by atoms with Gasteiger partial charge in [0.15, 0.2) is 0 Å². The molecule has 0 aliphatic rings. The molecule has 0 saturated carbocycles. The Bertz CT molecular complexity index is 987. The number of hydrogen-bond acceptors (Lipinski definition) is 4. The summed E-state index contributed by atoms with van der Waals surface area (Å²) < 4.78 is 13.2. The van der Waals surface area contributed by atoms with E-state index in [4.69, 9.17) is 5.73 Å². The van der Waals surface area contributed by atoms with Gasteiger partial charge in [-0.25, -0.2) is 9.40 Å². The van der Waals surface area contributed by atoms with E-state index in [0.717, 1.165) is 36.3 Å². The Morgan fingerprint density at radius 2 is 1.63 bits per heavy atom. The highest BCUT2D eigenvalue weighted by atomic mass is 19.1. The van der Waals surface area contributed by atoms with Gasteiger partial charge in [-0.05, 0) is 66.1 Å². The van der Waals surface area contributed by atoms with Gasteiger partial charge in [0.05, 0.1) is 11.4 Å². The van der Waals surface area contributed by atoms with E-state index in [-0.39, 0.29) is 11.7 Å². The highest BCUT2D eigenvalue weighted by Crippen LogP contribution is 2.28. The van der Waals surface area contributed by atoms with Crippen molar-refractivity contribution in [2.75, 3.05) is 29.6 Å². The second-order valence-electron chi connectivity index (χ2n) is 7.03. The number of carbonyl (C=O) groups excluding carboxylic acids is 1. The summed E-state index contributed by atoms with van der Waals surface area (Å²) in [6, 6.07) is 18.9. The minimum absolute atomic E-state index is 0.245. The summed E-state index contributed by atoms with van der Waals surface area (Å²) in [5.41, 5.74) is 13.5. The lowest BCUT2D eigenvalue weighted by molar-refractivity contribution is 0.102. The number of hydrazine groups is 1. The highest BCUT2D eigenvalue weighted by molar-refractivity contribution is 6.06. The lowest BCUT2D eigenvalue weighted by atomic mass is 10.0. The number of halogens is 1. The molecule has 6 heteroatoms. The van der Waals surface area contributed by atoms with E-state index in [0.29, 0.717) is 16.9 Å². The molecular formula is C24H27FN4O. The average molecular weight is 407 g/mol. The lowest BCUT2D eigenvalue weighted by Crippen LogP contribution is -2.30. The third kappa shape index (κ3) is 5.36. The molecule has 156 valence electrons. The quantitative estimate of drug-likeness (QED) is 0.347. The van der Waals surface area contributed by atoms with Gasteiger partial charge >= 0.3 is 0 Å². The summed E-state index contributed by atoms with van der Waals surface area (Å²) >= 11 is 0. The minimum Gasteiger partial charge on any atom is -0.397 e. The van der Waals surface area contributed by atoms with Crippen LogP contribution in [0.4, 0.5) is 21.5 Å². The molecule has 0 heterocycles. The fraction of sp³-hybridized carbons (Fsp3) is 0.208. The fourth-order valence-electron chi connectivity index (χ4n) is 3.12. The molecule has 0 fully saturated rings. The van der Waals surface area contributed by atoms with Gasteiger partial charge in [0.1, 0.15) is 5.82 Å².